The van der Waals surface area contributed by atoms with E-state index in [0.717, 1.165) is 0 Å². The monoisotopic (exact) mass is 620 g/mol. The third-order valence-electron chi connectivity index (χ3n) is 7.46. The summed E-state index contributed by atoms with van der Waals surface area (Å²) in [6.45, 7) is 3.33. The molecule has 1 aliphatic heterocycles. The van der Waals surface area contributed by atoms with Crippen LogP contribution in [0.15, 0.2) is 60.9 Å². The number of rotatable bonds is 4. The van der Waals surface area contributed by atoms with Crippen LogP contribution in [0, 0.1) is 18.7 Å². The van der Waals surface area contributed by atoms with E-state index >= 15 is 0 Å². The molecular formula is C31H30ClFN6O5. The van der Waals surface area contributed by atoms with E-state index in [1.54, 1.807) is 56.4 Å². The van der Waals surface area contributed by atoms with Crippen LogP contribution in [-0.2, 0) is 9.53 Å². The largest absolute Gasteiger partial charge is 0.453 e. The molecular weight excluding hydrogens is 591 g/mol. The van der Waals surface area contributed by atoms with Crippen molar-refractivity contribution >= 4 is 40.9 Å². The highest BCUT2D eigenvalue weighted by atomic mass is 35.5. The van der Waals surface area contributed by atoms with E-state index in [9.17, 15) is 23.9 Å². The fourth-order valence-electron chi connectivity index (χ4n) is 5.11. The Morgan fingerprint density at radius 3 is 2.75 bits per heavy atom. The molecule has 0 unspecified atom stereocenters. The number of aliphatic hydroxyl groups is 1. The van der Waals surface area contributed by atoms with Gasteiger partial charge in [0, 0.05) is 23.4 Å². The molecule has 13 heteroatoms. The highest BCUT2D eigenvalue weighted by molar-refractivity contribution is 6.30. The average molecular weight is 621 g/mol. The molecule has 0 saturated carbocycles. The van der Waals surface area contributed by atoms with Crippen LogP contribution < -0.4 is 16.0 Å². The number of ether oxygens (including phenoxy) is 1. The number of aromatic nitrogens is 3. The molecule has 2 bridgehead atoms. The minimum absolute atomic E-state index is 0.0722. The molecule has 5 rings (SSSR count). The number of anilines is 2. The van der Waals surface area contributed by atoms with Gasteiger partial charge in [-0.15, -0.1) is 0 Å². The number of pyridine rings is 1. The number of nitrogens with one attached hydrogen (secondary N) is 3. The lowest BCUT2D eigenvalue weighted by atomic mass is 9.93. The number of hydrogen-bond acceptors (Lipinski definition) is 7. The molecule has 2 aromatic carbocycles. The summed E-state index contributed by atoms with van der Waals surface area (Å²) in [5, 5.41) is 23.6. The lowest BCUT2D eigenvalue weighted by Crippen LogP contribution is -2.33. The Balaban J connectivity index is 1.51. The van der Waals surface area contributed by atoms with Crippen molar-refractivity contribution in [3.05, 3.63) is 88.7 Å². The quantitative estimate of drug-likeness (QED) is 0.238. The number of amides is 3. The molecule has 3 heterocycles. The number of fused-ring (bicyclic) bond motifs is 4. The number of benzene rings is 2. The molecule has 0 fully saturated rings. The Hall–Kier alpha value is -4.81. The molecule has 2 aromatic heterocycles. The molecule has 3 atom stereocenters. The summed E-state index contributed by atoms with van der Waals surface area (Å²) in [6, 6.07) is 12.3. The van der Waals surface area contributed by atoms with Crippen LogP contribution >= 0.6 is 11.6 Å². The fourth-order valence-corrected chi connectivity index (χ4v) is 5.28. The smallest absolute Gasteiger partial charge is 0.411 e. The van der Waals surface area contributed by atoms with Gasteiger partial charge in [0.05, 0.1) is 53.1 Å². The van der Waals surface area contributed by atoms with Gasteiger partial charge in [0.1, 0.15) is 5.69 Å². The third-order valence-corrected chi connectivity index (χ3v) is 7.75. The molecule has 0 aliphatic carbocycles. The van der Waals surface area contributed by atoms with Crippen molar-refractivity contribution < 1.29 is 28.6 Å². The lowest BCUT2D eigenvalue weighted by Gasteiger charge is -2.25. The van der Waals surface area contributed by atoms with Gasteiger partial charge in [-0.25, -0.2) is 13.9 Å². The molecule has 4 N–H and O–H groups in total. The Bertz CT molecular complexity index is 1740. The van der Waals surface area contributed by atoms with Crippen molar-refractivity contribution in [2.24, 2.45) is 5.92 Å². The molecule has 4 aromatic rings. The number of aliphatic hydroxyl groups excluding tert-OH is 1. The Labute approximate surface area is 257 Å². The summed E-state index contributed by atoms with van der Waals surface area (Å²) in [4.78, 5) is 43.0. The zero-order valence-electron chi connectivity index (χ0n) is 24.1. The Morgan fingerprint density at radius 1 is 1.18 bits per heavy atom. The molecule has 3 amide bonds. The van der Waals surface area contributed by atoms with E-state index in [0.29, 0.717) is 33.9 Å². The van der Waals surface area contributed by atoms with E-state index in [-0.39, 0.29) is 35.0 Å². The van der Waals surface area contributed by atoms with Gasteiger partial charge in [0.2, 0.25) is 5.91 Å². The van der Waals surface area contributed by atoms with Crippen molar-refractivity contribution in [1.82, 2.24) is 20.1 Å². The van der Waals surface area contributed by atoms with Gasteiger partial charge in [0.25, 0.3) is 5.91 Å². The first kappa shape index (κ1) is 30.6. The van der Waals surface area contributed by atoms with Crippen molar-refractivity contribution in [1.29, 1.82) is 0 Å². The van der Waals surface area contributed by atoms with Crippen molar-refractivity contribution in [2.45, 2.75) is 38.8 Å². The normalized spacial score (nSPS) is 18.2. The van der Waals surface area contributed by atoms with Crippen LogP contribution in [0.25, 0.3) is 16.8 Å². The minimum Gasteiger partial charge on any atom is -0.453 e. The summed E-state index contributed by atoms with van der Waals surface area (Å²) < 4.78 is 20.7. The van der Waals surface area contributed by atoms with Gasteiger partial charge in [-0.3, -0.25) is 19.9 Å². The van der Waals surface area contributed by atoms with Crippen LogP contribution in [0.1, 0.15) is 47.6 Å². The topological polar surface area (TPSA) is 147 Å². The second kappa shape index (κ2) is 12.8. The zero-order chi connectivity index (χ0) is 31.5. The molecule has 44 heavy (non-hydrogen) atoms. The predicted molar refractivity (Wildman–Crippen MR) is 162 cm³/mol. The van der Waals surface area contributed by atoms with E-state index in [4.69, 9.17) is 11.6 Å². The molecule has 11 nitrogen and oxygen atoms in total. The standard InChI is InChI=1S/C31H30ClFN6O5/c1-16-11-20(40)14-26(38-30(42)22-15-35-39(17(22)2)27-6-4-5-23(32)28(27)33)25-12-18(9-10-34-25)21-8-7-19(36-31(43)44-3)13-24(21)37-29(16)41/h4-10,12-13,15-16,20,26,40H,11,14H2,1-3H3,(H,36,43)(H,37,41)(H,38,42)/t16-,20+,26+/m1/s1. The van der Waals surface area contributed by atoms with Crippen molar-refractivity contribution in [3.8, 4) is 16.8 Å². The number of carbonyl (C=O) groups is 3. The predicted octanol–water partition coefficient (Wildman–Crippen LogP) is 5.41. The van der Waals surface area contributed by atoms with Crippen LogP contribution in [0.4, 0.5) is 20.6 Å². The highest BCUT2D eigenvalue weighted by Crippen LogP contribution is 2.34. The number of nitrogens with zero attached hydrogens (tertiary/aromatic N) is 3. The van der Waals surface area contributed by atoms with Crippen LogP contribution in [0.3, 0.4) is 0 Å². The van der Waals surface area contributed by atoms with Crippen LogP contribution in [-0.4, -0.2) is 51.0 Å². The lowest BCUT2D eigenvalue weighted by molar-refractivity contribution is -0.120. The van der Waals surface area contributed by atoms with Crippen LogP contribution in [0.2, 0.25) is 5.02 Å². The minimum atomic E-state index is -0.970. The summed E-state index contributed by atoms with van der Waals surface area (Å²) >= 11 is 5.95. The van der Waals surface area contributed by atoms with E-state index in [2.05, 4.69) is 30.8 Å². The second-order valence-corrected chi connectivity index (χ2v) is 10.9. The Morgan fingerprint density at radius 2 is 1.98 bits per heavy atom. The molecule has 0 radical (unpaired) electrons. The maximum atomic E-state index is 14.7. The van der Waals surface area contributed by atoms with Gasteiger partial charge in [-0.2, -0.15) is 5.10 Å². The van der Waals surface area contributed by atoms with Crippen LogP contribution in [0.5, 0.6) is 0 Å². The molecule has 228 valence electrons. The van der Waals surface area contributed by atoms with Crippen molar-refractivity contribution in [3.63, 3.8) is 0 Å². The third kappa shape index (κ3) is 6.41. The maximum absolute atomic E-state index is 14.7. The number of methoxy groups -OCH3 is 1. The molecule has 0 spiro atoms. The summed E-state index contributed by atoms with van der Waals surface area (Å²) in [7, 11) is 1.25. The first-order chi connectivity index (χ1) is 21.0. The van der Waals surface area contributed by atoms with Gasteiger partial charge in [-0.1, -0.05) is 30.7 Å². The summed E-state index contributed by atoms with van der Waals surface area (Å²) in [5.41, 5.74) is 3.32. The number of hydrogen-bond donors (Lipinski definition) is 4. The Kier molecular flexibility index (Phi) is 8.93. The van der Waals surface area contributed by atoms with Gasteiger partial charge < -0.3 is 20.5 Å². The SMILES string of the molecule is COC(=O)Nc1ccc2c(c1)NC(=O)[C@H](C)C[C@H](O)C[C@H](NC(=O)c1cnn(-c3cccc(Cl)c3F)c1C)c1cc-2ccn1. The second-order valence-electron chi connectivity index (χ2n) is 10.5. The zero-order valence-corrected chi connectivity index (χ0v) is 24.9. The van der Waals surface area contributed by atoms with Gasteiger partial charge in [-0.05, 0) is 61.7 Å². The average Bonchev–Trinajstić information content (AvgIpc) is 3.38. The first-order valence-corrected chi connectivity index (χ1v) is 14.2. The number of halogens is 2. The van der Waals surface area contributed by atoms with E-state index in [1.165, 1.54) is 30.1 Å². The van der Waals surface area contributed by atoms with Gasteiger partial charge in [0.15, 0.2) is 5.82 Å². The maximum Gasteiger partial charge on any atom is 0.411 e. The fraction of sp³-hybridized carbons (Fsp3) is 0.258. The van der Waals surface area contributed by atoms with E-state index < -0.39 is 35.9 Å². The first-order valence-electron chi connectivity index (χ1n) is 13.8. The van der Waals surface area contributed by atoms with Gasteiger partial charge >= 0.3 is 6.09 Å². The summed E-state index contributed by atoms with van der Waals surface area (Å²) in [6.07, 6.45) is 1.46. The van der Waals surface area contributed by atoms with Crippen molar-refractivity contribution in [2.75, 3.05) is 17.7 Å². The summed E-state index contributed by atoms with van der Waals surface area (Å²) in [5.74, 6) is -2.09. The number of carbonyl (C=O) groups excluding carboxylic acids is 3. The highest BCUT2D eigenvalue weighted by Gasteiger charge is 2.27. The molecule has 0 saturated heterocycles. The van der Waals surface area contributed by atoms with E-state index in [1.807, 2.05) is 0 Å². The molecule has 1 aliphatic rings.